The molecule has 114 valence electrons. The zero-order valence-electron chi connectivity index (χ0n) is 12.6. The first-order valence-electron chi connectivity index (χ1n) is 6.95. The topological polar surface area (TPSA) is 53.5 Å². The van der Waals surface area contributed by atoms with E-state index in [2.05, 4.69) is 31.8 Å². The summed E-state index contributed by atoms with van der Waals surface area (Å²) in [5, 5.41) is 7.22. The second-order valence-electron chi connectivity index (χ2n) is 4.91. The van der Waals surface area contributed by atoms with Gasteiger partial charge in [-0.2, -0.15) is 5.10 Å². The number of hydrazone groups is 1. The Morgan fingerprint density at radius 2 is 1.82 bits per heavy atom. The van der Waals surface area contributed by atoms with Crippen LogP contribution in [0.1, 0.15) is 18.1 Å². The predicted octanol–water partition coefficient (Wildman–Crippen LogP) is 3.71. The van der Waals surface area contributed by atoms with Crippen LogP contribution >= 0.6 is 15.9 Å². The van der Waals surface area contributed by atoms with E-state index in [9.17, 15) is 4.79 Å². The maximum absolute atomic E-state index is 11.8. The molecule has 0 aliphatic rings. The molecule has 0 saturated carbocycles. The molecule has 22 heavy (non-hydrogen) atoms. The molecule has 0 aliphatic carbocycles. The van der Waals surface area contributed by atoms with Crippen molar-refractivity contribution in [1.29, 1.82) is 0 Å². The number of para-hydroxylation sites is 1. The fourth-order valence-electron chi connectivity index (χ4n) is 1.89. The van der Waals surface area contributed by atoms with Gasteiger partial charge in [-0.15, -0.1) is 0 Å². The SMILES string of the molecule is C/C(=N\NC(=O)CNc1ccccc1C)c1ccc(Br)cc1. The van der Waals surface area contributed by atoms with Gasteiger partial charge in [0.05, 0.1) is 12.3 Å². The number of nitrogens with zero attached hydrogens (tertiary/aromatic N) is 1. The maximum atomic E-state index is 11.8. The van der Waals surface area contributed by atoms with Gasteiger partial charge >= 0.3 is 0 Å². The molecule has 0 radical (unpaired) electrons. The summed E-state index contributed by atoms with van der Waals surface area (Å²) in [5.41, 5.74) is 6.34. The van der Waals surface area contributed by atoms with Crippen molar-refractivity contribution in [2.24, 2.45) is 5.10 Å². The summed E-state index contributed by atoms with van der Waals surface area (Å²) in [5.74, 6) is -0.181. The molecule has 0 saturated heterocycles. The number of halogens is 1. The van der Waals surface area contributed by atoms with Gasteiger partial charge in [0, 0.05) is 10.2 Å². The lowest BCUT2D eigenvalue weighted by molar-refractivity contribution is -0.119. The summed E-state index contributed by atoms with van der Waals surface area (Å²) in [7, 11) is 0. The summed E-state index contributed by atoms with van der Waals surface area (Å²) in [6.45, 7) is 4.04. The zero-order chi connectivity index (χ0) is 15.9. The Morgan fingerprint density at radius 1 is 1.14 bits per heavy atom. The van der Waals surface area contributed by atoms with Crippen LogP contribution in [0.5, 0.6) is 0 Å². The number of hydrogen-bond acceptors (Lipinski definition) is 3. The highest BCUT2D eigenvalue weighted by atomic mass is 79.9. The molecule has 4 nitrogen and oxygen atoms in total. The van der Waals surface area contributed by atoms with Crippen molar-refractivity contribution in [2.45, 2.75) is 13.8 Å². The Bertz CT molecular complexity index is 681. The van der Waals surface area contributed by atoms with Crippen molar-refractivity contribution in [3.8, 4) is 0 Å². The number of rotatable bonds is 5. The molecule has 0 aromatic heterocycles. The van der Waals surface area contributed by atoms with Gasteiger partial charge in [-0.25, -0.2) is 5.43 Å². The molecule has 0 spiro atoms. The van der Waals surface area contributed by atoms with Crippen molar-refractivity contribution < 1.29 is 4.79 Å². The molecule has 0 fully saturated rings. The highest BCUT2D eigenvalue weighted by Gasteiger charge is 2.03. The molecule has 2 aromatic rings. The van der Waals surface area contributed by atoms with Gasteiger partial charge in [-0.3, -0.25) is 4.79 Å². The summed E-state index contributed by atoms with van der Waals surface area (Å²) in [6.07, 6.45) is 0. The van der Waals surface area contributed by atoms with Gasteiger partial charge in [0.1, 0.15) is 0 Å². The minimum absolute atomic E-state index is 0.181. The number of benzene rings is 2. The van der Waals surface area contributed by atoms with Crippen LogP contribution in [-0.4, -0.2) is 18.2 Å². The van der Waals surface area contributed by atoms with Crippen molar-refractivity contribution in [3.05, 3.63) is 64.1 Å². The van der Waals surface area contributed by atoms with Crippen LogP contribution in [0.15, 0.2) is 58.1 Å². The van der Waals surface area contributed by atoms with Crippen LogP contribution in [0.25, 0.3) is 0 Å². The Kier molecular flexibility index (Phi) is 5.72. The van der Waals surface area contributed by atoms with Crippen LogP contribution in [0.4, 0.5) is 5.69 Å². The van der Waals surface area contributed by atoms with Crippen LogP contribution in [0.2, 0.25) is 0 Å². The minimum atomic E-state index is -0.181. The van der Waals surface area contributed by atoms with Crippen molar-refractivity contribution in [1.82, 2.24) is 5.43 Å². The van der Waals surface area contributed by atoms with Gasteiger partial charge in [0.2, 0.25) is 0 Å². The summed E-state index contributed by atoms with van der Waals surface area (Å²) in [4.78, 5) is 11.8. The smallest absolute Gasteiger partial charge is 0.259 e. The molecule has 2 N–H and O–H groups in total. The Hall–Kier alpha value is -2.14. The van der Waals surface area contributed by atoms with Gasteiger partial charge in [0.15, 0.2) is 0 Å². The van der Waals surface area contributed by atoms with Gasteiger partial charge in [-0.05, 0) is 43.2 Å². The highest BCUT2D eigenvalue weighted by Crippen LogP contribution is 2.12. The van der Waals surface area contributed by atoms with Crippen LogP contribution in [0, 0.1) is 6.92 Å². The van der Waals surface area contributed by atoms with Gasteiger partial charge in [0.25, 0.3) is 5.91 Å². The number of carbonyl (C=O) groups is 1. The normalized spacial score (nSPS) is 11.1. The molecule has 0 heterocycles. The molecule has 0 unspecified atom stereocenters. The molecule has 1 amide bonds. The third-order valence-corrected chi connectivity index (χ3v) is 3.72. The van der Waals surface area contributed by atoms with Crippen LogP contribution < -0.4 is 10.7 Å². The van der Waals surface area contributed by atoms with E-state index in [0.717, 1.165) is 27.0 Å². The van der Waals surface area contributed by atoms with E-state index in [0.29, 0.717) is 0 Å². The first kappa shape index (κ1) is 16.2. The van der Waals surface area contributed by atoms with E-state index in [1.165, 1.54) is 0 Å². The molecule has 0 atom stereocenters. The van der Waals surface area contributed by atoms with Crippen LogP contribution in [0.3, 0.4) is 0 Å². The molecule has 2 aromatic carbocycles. The summed E-state index contributed by atoms with van der Waals surface area (Å²) >= 11 is 3.39. The van der Waals surface area contributed by atoms with E-state index in [1.54, 1.807) is 0 Å². The molecular weight excluding hydrogens is 342 g/mol. The lowest BCUT2D eigenvalue weighted by Crippen LogP contribution is -2.27. The third kappa shape index (κ3) is 4.70. The fraction of sp³-hybridized carbons (Fsp3) is 0.176. The molecule has 0 aliphatic heterocycles. The van der Waals surface area contributed by atoms with E-state index < -0.39 is 0 Å². The average molecular weight is 360 g/mol. The summed E-state index contributed by atoms with van der Waals surface area (Å²) < 4.78 is 1.01. The summed E-state index contributed by atoms with van der Waals surface area (Å²) in [6, 6.07) is 15.6. The Labute approximate surface area is 138 Å². The first-order chi connectivity index (χ1) is 10.6. The lowest BCUT2D eigenvalue weighted by Gasteiger charge is -2.08. The average Bonchev–Trinajstić information content (AvgIpc) is 2.52. The van der Waals surface area contributed by atoms with E-state index >= 15 is 0 Å². The Morgan fingerprint density at radius 3 is 2.50 bits per heavy atom. The number of carbonyl (C=O) groups excluding carboxylic acids is 1. The maximum Gasteiger partial charge on any atom is 0.259 e. The number of hydrogen-bond donors (Lipinski definition) is 2. The third-order valence-electron chi connectivity index (χ3n) is 3.19. The molecular formula is C17H18BrN3O. The van der Waals surface area contributed by atoms with Crippen molar-refractivity contribution in [3.63, 3.8) is 0 Å². The van der Waals surface area contributed by atoms with E-state index in [4.69, 9.17) is 0 Å². The molecule has 0 bridgehead atoms. The number of nitrogens with one attached hydrogen (secondary N) is 2. The van der Waals surface area contributed by atoms with Gasteiger partial charge < -0.3 is 5.32 Å². The minimum Gasteiger partial charge on any atom is -0.376 e. The van der Waals surface area contributed by atoms with Crippen LogP contribution in [-0.2, 0) is 4.79 Å². The molecule has 2 rings (SSSR count). The van der Waals surface area contributed by atoms with Gasteiger partial charge in [-0.1, -0.05) is 46.3 Å². The second kappa shape index (κ2) is 7.75. The number of anilines is 1. The quantitative estimate of drug-likeness (QED) is 0.631. The molecule has 5 heteroatoms. The van der Waals surface area contributed by atoms with Crippen molar-refractivity contribution >= 4 is 33.2 Å². The highest BCUT2D eigenvalue weighted by molar-refractivity contribution is 9.10. The predicted molar refractivity (Wildman–Crippen MR) is 94.2 cm³/mol. The number of aryl methyl sites for hydroxylation is 1. The first-order valence-corrected chi connectivity index (χ1v) is 7.74. The Balaban J connectivity index is 1.88. The van der Waals surface area contributed by atoms with E-state index in [-0.39, 0.29) is 12.5 Å². The largest absolute Gasteiger partial charge is 0.376 e. The second-order valence-corrected chi connectivity index (χ2v) is 5.82. The fourth-order valence-corrected chi connectivity index (χ4v) is 2.15. The zero-order valence-corrected chi connectivity index (χ0v) is 14.1. The number of amides is 1. The van der Waals surface area contributed by atoms with E-state index in [1.807, 2.05) is 62.4 Å². The monoisotopic (exact) mass is 359 g/mol. The van der Waals surface area contributed by atoms with Crippen molar-refractivity contribution in [2.75, 3.05) is 11.9 Å². The standard InChI is InChI=1S/C17H18BrN3O/c1-12-5-3-4-6-16(12)19-11-17(22)21-20-13(2)14-7-9-15(18)10-8-14/h3-10,19H,11H2,1-2H3,(H,21,22)/b20-13+. The lowest BCUT2D eigenvalue weighted by atomic mass is 10.1.